The Labute approximate surface area is 143 Å². The summed E-state index contributed by atoms with van der Waals surface area (Å²) in [7, 11) is 0. The van der Waals surface area contributed by atoms with E-state index < -0.39 is 0 Å². The fourth-order valence-corrected chi connectivity index (χ4v) is 4.82. The SMILES string of the molecule is C[C@H]1CCCCN1C1CN(Cc2cnc(-c3ccccc3)s2)C1. The first kappa shape index (κ1) is 15.3. The van der Waals surface area contributed by atoms with Gasteiger partial charge in [0.2, 0.25) is 0 Å². The summed E-state index contributed by atoms with van der Waals surface area (Å²) < 4.78 is 0. The summed E-state index contributed by atoms with van der Waals surface area (Å²) in [4.78, 5) is 11.3. The Balaban J connectivity index is 1.32. The first-order valence-electron chi connectivity index (χ1n) is 8.78. The summed E-state index contributed by atoms with van der Waals surface area (Å²) in [5, 5.41) is 1.14. The van der Waals surface area contributed by atoms with E-state index in [0.717, 1.165) is 23.6 Å². The highest BCUT2D eigenvalue weighted by Crippen LogP contribution is 2.29. The van der Waals surface area contributed by atoms with E-state index in [2.05, 4.69) is 58.2 Å². The van der Waals surface area contributed by atoms with E-state index in [1.807, 2.05) is 11.3 Å². The molecule has 1 atom stereocenters. The third-order valence-corrected chi connectivity index (χ3v) is 6.25. The van der Waals surface area contributed by atoms with Crippen molar-refractivity contribution < 1.29 is 0 Å². The fraction of sp³-hybridized carbons (Fsp3) is 0.526. The molecule has 0 radical (unpaired) electrons. The van der Waals surface area contributed by atoms with Crippen LogP contribution in [0.3, 0.4) is 0 Å². The number of aromatic nitrogens is 1. The second kappa shape index (κ2) is 6.71. The van der Waals surface area contributed by atoms with Gasteiger partial charge in [0.25, 0.3) is 0 Å². The molecular formula is C19H25N3S. The highest BCUT2D eigenvalue weighted by molar-refractivity contribution is 7.15. The van der Waals surface area contributed by atoms with Crippen molar-refractivity contribution >= 4 is 11.3 Å². The minimum Gasteiger partial charge on any atom is -0.295 e. The third kappa shape index (κ3) is 3.35. The Morgan fingerprint density at radius 2 is 2.00 bits per heavy atom. The molecule has 122 valence electrons. The number of hydrogen-bond acceptors (Lipinski definition) is 4. The topological polar surface area (TPSA) is 19.4 Å². The molecule has 2 fully saturated rings. The van der Waals surface area contributed by atoms with E-state index in [0.29, 0.717) is 0 Å². The fourth-order valence-electron chi connectivity index (χ4n) is 3.86. The Hall–Kier alpha value is -1.23. The van der Waals surface area contributed by atoms with E-state index >= 15 is 0 Å². The second-order valence-corrected chi connectivity index (χ2v) is 8.04. The molecular weight excluding hydrogens is 302 g/mol. The van der Waals surface area contributed by atoms with Crippen molar-refractivity contribution in [2.24, 2.45) is 0 Å². The molecule has 0 aliphatic carbocycles. The lowest BCUT2D eigenvalue weighted by Gasteiger charge is -2.49. The molecule has 2 aromatic rings. The van der Waals surface area contributed by atoms with Gasteiger partial charge in [-0.15, -0.1) is 11.3 Å². The minimum absolute atomic E-state index is 0.781. The van der Waals surface area contributed by atoms with E-state index in [4.69, 9.17) is 0 Å². The van der Waals surface area contributed by atoms with E-state index in [-0.39, 0.29) is 0 Å². The van der Waals surface area contributed by atoms with E-state index in [1.54, 1.807) is 0 Å². The number of hydrogen-bond donors (Lipinski definition) is 0. The van der Waals surface area contributed by atoms with Gasteiger partial charge in [-0.1, -0.05) is 36.8 Å². The third-order valence-electron chi connectivity index (χ3n) is 5.22. The number of rotatable bonds is 4. The summed E-state index contributed by atoms with van der Waals surface area (Å²) in [6.45, 7) is 7.21. The van der Waals surface area contributed by atoms with Crippen molar-refractivity contribution in [3.63, 3.8) is 0 Å². The van der Waals surface area contributed by atoms with Gasteiger partial charge < -0.3 is 0 Å². The Kier molecular flexibility index (Phi) is 4.47. The maximum Gasteiger partial charge on any atom is 0.123 e. The van der Waals surface area contributed by atoms with E-state index in [9.17, 15) is 0 Å². The summed E-state index contributed by atoms with van der Waals surface area (Å²) in [6, 6.07) is 12.1. The zero-order chi connectivity index (χ0) is 15.6. The number of nitrogens with zero attached hydrogens (tertiary/aromatic N) is 3. The lowest BCUT2D eigenvalue weighted by Crippen LogP contribution is -2.61. The van der Waals surface area contributed by atoms with Crippen LogP contribution in [-0.4, -0.2) is 46.5 Å². The average molecular weight is 327 g/mol. The molecule has 2 saturated heterocycles. The van der Waals surface area contributed by atoms with Gasteiger partial charge in [0.15, 0.2) is 0 Å². The highest BCUT2D eigenvalue weighted by atomic mass is 32.1. The molecule has 3 nitrogen and oxygen atoms in total. The maximum atomic E-state index is 4.60. The summed E-state index contributed by atoms with van der Waals surface area (Å²) in [5.41, 5.74) is 1.23. The Bertz CT molecular complexity index is 633. The number of piperidine rings is 1. The lowest BCUT2D eigenvalue weighted by atomic mass is 9.97. The van der Waals surface area contributed by atoms with Gasteiger partial charge in [0, 0.05) is 48.4 Å². The van der Waals surface area contributed by atoms with Crippen LogP contribution >= 0.6 is 11.3 Å². The smallest absolute Gasteiger partial charge is 0.123 e. The zero-order valence-electron chi connectivity index (χ0n) is 13.8. The summed E-state index contributed by atoms with van der Waals surface area (Å²) >= 11 is 1.83. The number of likely N-dealkylation sites (tertiary alicyclic amines) is 2. The van der Waals surface area contributed by atoms with E-state index in [1.165, 1.54) is 49.3 Å². The lowest BCUT2D eigenvalue weighted by molar-refractivity contribution is -0.00577. The van der Waals surface area contributed by atoms with Crippen LogP contribution in [0.4, 0.5) is 0 Å². The molecule has 23 heavy (non-hydrogen) atoms. The van der Waals surface area contributed by atoms with Gasteiger partial charge in [-0.3, -0.25) is 9.80 Å². The van der Waals surface area contributed by atoms with Crippen LogP contribution < -0.4 is 0 Å². The molecule has 0 spiro atoms. The van der Waals surface area contributed by atoms with Gasteiger partial charge in [-0.05, 0) is 26.3 Å². The van der Waals surface area contributed by atoms with Crippen LogP contribution in [0.25, 0.3) is 10.6 Å². The van der Waals surface area contributed by atoms with Crippen molar-refractivity contribution in [3.05, 3.63) is 41.4 Å². The maximum absolute atomic E-state index is 4.60. The van der Waals surface area contributed by atoms with Gasteiger partial charge in [-0.2, -0.15) is 0 Å². The molecule has 0 bridgehead atoms. The molecule has 3 heterocycles. The average Bonchev–Trinajstić information content (AvgIpc) is 3.01. The monoisotopic (exact) mass is 327 g/mol. The largest absolute Gasteiger partial charge is 0.295 e. The van der Waals surface area contributed by atoms with Crippen LogP contribution in [-0.2, 0) is 6.54 Å². The quantitative estimate of drug-likeness (QED) is 0.850. The standard InChI is InChI=1S/C19H25N3S/c1-15-7-5-6-10-22(15)17-12-21(13-17)14-18-11-20-19(23-18)16-8-3-2-4-9-16/h2-4,8-9,11,15,17H,5-7,10,12-14H2,1H3/t15-/m0/s1. The van der Waals surface area contributed by atoms with Crippen molar-refractivity contribution in [2.45, 2.75) is 44.8 Å². The molecule has 1 aromatic carbocycles. The highest BCUT2D eigenvalue weighted by Gasteiger charge is 2.35. The molecule has 0 N–H and O–H groups in total. The molecule has 1 aromatic heterocycles. The zero-order valence-corrected chi connectivity index (χ0v) is 14.6. The van der Waals surface area contributed by atoms with Gasteiger partial charge in [-0.25, -0.2) is 4.98 Å². The molecule has 0 amide bonds. The second-order valence-electron chi connectivity index (χ2n) is 6.93. The summed E-state index contributed by atoms with van der Waals surface area (Å²) in [5.74, 6) is 0. The first-order valence-corrected chi connectivity index (χ1v) is 9.59. The van der Waals surface area contributed by atoms with Crippen molar-refractivity contribution in [2.75, 3.05) is 19.6 Å². The molecule has 4 heteroatoms. The first-order chi connectivity index (χ1) is 11.3. The summed E-state index contributed by atoms with van der Waals surface area (Å²) in [6.07, 6.45) is 6.24. The number of thiazole rings is 1. The Morgan fingerprint density at radius 3 is 2.78 bits per heavy atom. The predicted octanol–water partition coefficient (Wildman–Crippen LogP) is 3.87. The number of benzene rings is 1. The van der Waals surface area contributed by atoms with Crippen molar-refractivity contribution in [1.82, 2.24) is 14.8 Å². The van der Waals surface area contributed by atoms with Crippen LogP contribution in [0.2, 0.25) is 0 Å². The van der Waals surface area contributed by atoms with Crippen molar-refractivity contribution in [1.29, 1.82) is 0 Å². The predicted molar refractivity (Wildman–Crippen MR) is 96.6 cm³/mol. The molecule has 0 saturated carbocycles. The Morgan fingerprint density at radius 1 is 1.17 bits per heavy atom. The van der Waals surface area contributed by atoms with Gasteiger partial charge >= 0.3 is 0 Å². The van der Waals surface area contributed by atoms with Crippen LogP contribution in [0.1, 0.15) is 31.1 Å². The van der Waals surface area contributed by atoms with Crippen LogP contribution in [0.15, 0.2) is 36.5 Å². The molecule has 0 unspecified atom stereocenters. The van der Waals surface area contributed by atoms with Crippen molar-refractivity contribution in [3.8, 4) is 10.6 Å². The van der Waals surface area contributed by atoms with Crippen LogP contribution in [0.5, 0.6) is 0 Å². The molecule has 2 aliphatic heterocycles. The normalized spacial score (nSPS) is 23.8. The minimum atomic E-state index is 0.781. The van der Waals surface area contributed by atoms with Crippen LogP contribution in [0, 0.1) is 0 Å². The van der Waals surface area contributed by atoms with Gasteiger partial charge in [0.05, 0.1) is 0 Å². The molecule has 2 aliphatic rings. The molecule has 4 rings (SSSR count). The van der Waals surface area contributed by atoms with Gasteiger partial charge in [0.1, 0.15) is 5.01 Å².